The van der Waals surface area contributed by atoms with Gasteiger partial charge in [0.25, 0.3) is 5.91 Å². The summed E-state index contributed by atoms with van der Waals surface area (Å²) in [6.45, 7) is 6.68. The Hall–Kier alpha value is -0.650. The smallest absolute Gasteiger partial charge is 0.251 e. The molecule has 2 fully saturated rings. The summed E-state index contributed by atoms with van der Waals surface area (Å²) in [5.74, 6) is 0.549. The van der Waals surface area contributed by atoms with Gasteiger partial charge in [-0.15, -0.1) is 0 Å². The van der Waals surface area contributed by atoms with Crippen LogP contribution in [-0.2, 0) is 14.3 Å². The molecule has 0 aromatic heterocycles. The molecule has 116 valence electrons. The molecule has 4 atom stereocenters. The number of carbonyl (C=O) groups excluding carboxylic acids is 1. The monoisotopic (exact) mass is 284 g/mol. The van der Waals surface area contributed by atoms with E-state index in [1.807, 2.05) is 11.8 Å². The summed E-state index contributed by atoms with van der Waals surface area (Å²) >= 11 is 0. The van der Waals surface area contributed by atoms with Crippen molar-refractivity contribution in [1.82, 2.24) is 4.90 Å². The molecule has 0 aromatic carbocycles. The van der Waals surface area contributed by atoms with Crippen molar-refractivity contribution in [3.05, 3.63) is 0 Å². The molecule has 2 aliphatic rings. The van der Waals surface area contributed by atoms with Crippen LogP contribution in [0.4, 0.5) is 0 Å². The van der Waals surface area contributed by atoms with Gasteiger partial charge in [0, 0.05) is 25.7 Å². The predicted molar refractivity (Wildman–Crippen MR) is 77.3 cm³/mol. The molecule has 2 rings (SSSR count). The summed E-state index contributed by atoms with van der Waals surface area (Å²) < 4.78 is 11.2. The Bertz CT molecular complexity index is 318. The fourth-order valence-corrected chi connectivity index (χ4v) is 3.21. The summed E-state index contributed by atoms with van der Waals surface area (Å²) in [7, 11) is 0. The number of likely N-dealkylation sites (tertiary alicyclic amines) is 1. The zero-order valence-electron chi connectivity index (χ0n) is 12.7. The number of rotatable bonds is 5. The van der Waals surface area contributed by atoms with E-state index in [1.54, 1.807) is 0 Å². The number of amides is 1. The molecule has 0 bridgehead atoms. The van der Waals surface area contributed by atoms with Crippen molar-refractivity contribution in [3.8, 4) is 0 Å². The number of hydrogen-bond acceptors (Lipinski definition) is 4. The lowest BCUT2D eigenvalue weighted by Crippen LogP contribution is -2.54. The third-order valence-corrected chi connectivity index (χ3v) is 4.54. The molecule has 2 aliphatic heterocycles. The zero-order valence-corrected chi connectivity index (χ0v) is 12.7. The van der Waals surface area contributed by atoms with Crippen molar-refractivity contribution in [2.75, 3.05) is 26.3 Å². The highest BCUT2D eigenvalue weighted by molar-refractivity contribution is 5.81. The van der Waals surface area contributed by atoms with Gasteiger partial charge >= 0.3 is 0 Å². The summed E-state index contributed by atoms with van der Waals surface area (Å²) in [5.41, 5.74) is 5.84. The largest absolute Gasteiger partial charge is 0.376 e. The minimum absolute atomic E-state index is 0.0741. The van der Waals surface area contributed by atoms with E-state index in [0.29, 0.717) is 19.1 Å². The van der Waals surface area contributed by atoms with E-state index >= 15 is 0 Å². The van der Waals surface area contributed by atoms with E-state index in [4.69, 9.17) is 15.2 Å². The molecule has 20 heavy (non-hydrogen) atoms. The van der Waals surface area contributed by atoms with Crippen molar-refractivity contribution < 1.29 is 14.3 Å². The summed E-state index contributed by atoms with van der Waals surface area (Å²) in [6, 6.07) is 0.157. The van der Waals surface area contributed by atoms with E-state index in [0.717, 1.165) is 38.8 Å². The van der Waals surface area contributed by atoms with Gasteiger partial charge in [-0.2, -0.15) is 0 Å². The van der Waals surface area contributed by atoms with Gasteiger partial charge in [0.05, 0.1) is 12.7 Å². The van der Waals surface area contributed by atoms with Crippen molar-refractivity contribution in [3.63, 3.8) is 0 Å². The third-order valence-electron chi connectivity index (χ3n) is 4.54. The lowest BCUT2D eigenvalue weighted by molar-refractivity contribution is -0.149. The average Bonchev–Trinajstić information content (AvgIpc) is 2.97. The first-order valence-electron chi connectivity index (χ1n) is 7.87. The van der Waals surface area contributed by atoms with E-state index < -0.39 is 6.10 Å². The van der Waals surface area contributed by atoms with Crippen molar-refractivity contribution in [2.24, 2.45) is 11.7 Å². The molecule has 0 saturated carbocycles. The van der Waals surface area contributed by atoms with Crippen LogP contribution in [0.2, 0.25) is 0 Å². The van der Waals surface area contributed by atoms with Gasteiger partial charge in [-0.1, -0.05) is 6.92 Å². The predicted octanol–water partition coefficient (Wildman–Crippen LogP) is 1.16. The Morgan fingerprint density at radius 1 is 1.45 bits per heavy atom. The van der Waals surface area contributed by atoms with E-state index in [2.05, 4.69) is 6.92 Å². The number of nitrogens with two attached hydrogens (primary N) is 1. The van der Waals surface area contributed by atoms with E-state index in [9.17, 15) is 4.79 Å². The Kier molecular flexibility index (Phi) is 5.81. The van der Waals surface area contributed by atoms with Crippen LogP contribution >= 0.6 is 0 Å². The quantitative estimate of drug-likeness (QED) is 0.822. The molecule has 0 radical (unpaired) electrons. The minimum atomic E-state index is -0.404. The Morgan fingerprint density at radius 3 is 2.90 bits per heavy atom. The summed E-state index contributed by atoms with van der Waals surface area (Å²) in [6.07, 6.45) is 4.09. The number of nitrogens with zero attached hydrogens (tertiary/aromatic N) is 1. The SMILES string of the molecule is C[C@H](OC[C@@H]1CCCO1)C(=O)N1CCC[C@@H](C)[C@H]1CN. The van der Waals surface area contributed by atoms with E-state index in [-0.39, 0.29) is 18.1 Å². The maximum absolute atomic E-state index is 12.5. The lowest BCUT2D eigenvalue weighted by Gasteiger charge is -2.40. The number of ether oxygens (including phenoxy) is 2. The van der Waals surface area contributed by atoms with Gasteiger partial charge in [-0.3, -0.25) is 4.79 Å². The third kappa shape index (κ3) is 3.71. The first kappa shape index (κ1) is 15.7. The molecule has 5 nitrogen and oxygen atoms in total. The molecule has 0 unspecified atom stereocenters. The minimum Gasteiger partial charge on any atom is -0.376 e. The van der Waals surface area contributed by atoms with Crippen LogP contribution in [0.1, 0.15) is 39.5 Å². The fraction of sp³-hybridized carbons (Fsp3) is 0.933. The molecular formula is C15H28N2O3. The van der Waals surface area contributed by atoms with Gasteiger partial charge in [0.15, 0.2) is 0 Å². The Morgan fingerprint density at radius 2 is 2.25 bits per heavy atom. The highest BCUT2D eigenvalue weighted by atomic mass is 16.5. The molecule has 1 amide bonds. The maximum atomic E-state index is 12.5. The number of carbonyl (C=O) groups is 1. The normalized spacial score (nSPS) is 32.4. The van der Waals surface area contributed by atoms with Crippen molar-refractivity contribution >= 4 is 5.91 Å². The van der Waals surface area contributed by atoms with Gasteiger partial charge in [-0.05, 0) is 38.5 Å². The summed E-state index contributed by atoms with van der Waals surface area (Å²) in [4.78, 5) is 14.4. The van der Waals surface area contributed by atoms with Crippen LogP contribution in [-0.4, -0.2) is 55.4 Å². The van der Waals surface area contributed by atoms with Gasteiger partial charge in [-0.25, -0.2) is 0 Å². The summed E-state index contributed by atoms with van der Waals surface area (Å²) in [5, 5.41) is 0. The molecule has 2 saturated heterocycles. The molecule has 2 N–H and O–H groups in total. The topological polar surface area (TPSA) is 64.8 Å². The van der Waals surface area contributed by atoms with Crippen LogP contribution in [0.3, 0.4) is 0 Å². The van der Waals surface area contributed by atoms with Crippen molar-refractivity contribution in [2.45, 2.75) is 57.8 Å². The van der Waals surface area contributed by atoms with Crippen LogP contribution in [0.25, 0.3) is 0 Å². The highest BCUT2D eigenvalue weighted by Crippen LogP contribution is 2.23. The Balaban J connectivity index is 1.84. The molecule has 2 heterocycles. The molecule has 0 aromatic rings. The van der Waals surface area contributed by atoms with E-state index in [1.165, 1.54) is 0 Å². The molecule has 0 aliphatic carbocycles. The molecular weight excluding hydrogens is 256 g/mol. The first-order valence-corrected chi connectivity index (χ1v) is 7.87. The fourth-order valence-electron chi connectivity index (χ4n) is 3.21. The van der Waals surface area contributed by atoms with Crippen LogP contribution < -0.4 is 5.73 Å². The second-order valence-corrected chi connectivity index (χ2v) is 6.06. The number of hydrogen-bond donors (Lipinski definition) is 1. The molecule has 0 spiro atoms. The maximum Gasteiger partial charge on any atom is 0.251 e. The van der Waals surface area contributed by atoms with Crippen LogP contribution in [0, 0.1) is 5.92 Å². The van der Waals surface area contributed by atoms with Crippen LogP contribution in [0.15, 0.2) is 0 Å². The molecule has 5 heteroatoms. The van der Waals surface area contributed by atoms with Gasteiger partial charge in [0.2, 0.25) is 0 Å². The lowest BCUT2D eigenvalue weighted by atomic mass is 9.90. The highest BCUT2D eigenvalue weighted by Gasteiger charge is 2.33. The van der Waals surface area contributed by atoms with Crippen LogP contribution in [0.5, 0.6) is 0 Å². The van der Waals surface area contributed by atoms with Crippen molar-refractivity contribution in [1.29, 1.82) is 0 Å². The van der Waals surface area contributed by atoms with Gasteiger partial charge < -0.3 is 20.1 Å². The average molecular weight is 284 g/mol. The number of piperidine rings is 1. The zero-order chi connectivity index (χ0) is 14.5. The Labute approximate surface area is 121 Å². The first-order chi connectivity index (χ1) is 9.63. The standard InChI is InChI=1S/C15H28N2O3/c1-11-5-3-7-17(14(11)9-16)15(18)12(2)20-10-13-6-4-8-19-13/h11-14H,3-10,16H2,1-2H3/t11-,12+,13+,14-/m1/s1. The van der Waals surface area contributed by atoms with Gasteiger partial charge in [0.1, 0.15) is 6.10 Å². The second-order valence-electron chi connectivity index (χ2n) is 6.06. The second kappa shape index (κ2) is 7.38.